The van der Waals surface area contributed by atoms with Gasteiger partial charge in [-0.15, -0.1) is 0 Å². The third-order valence-corrected chi connectivity index (χ3v) is 3.35. The minimum absolute atomic E-state index is 0.0446. The second-order valence-electron chi connectivity index (χ2n) is 4.95. The molecular formula is C16H18FN3O. The van der Waals surface area contributed by atoms with E-state index in [9.17, 15) is 14.4 Å². The Kier molecular flexibility index (Phi) is 5.87. The van der Waals surface area contributed by atoms with Crippen molar-refractivity contribution in [1.82, 2.24) is 0 Å². The molecule has 21 heavy (non-hydrogen) atoms. The van der Waals surface area contributed by atoms with Gasteiger partial charge in [-0.05, 0) is 31.0 Å². The molecule has 0 atom stereocenters. The van der Waals surface area contributed by atoms with Crippen LogP contribution in [-0.4, -0.2) is 5.91 Å². The number of benzene rings is 1. The number of halogens is 1. The summed E-state index contributed by atoms with van der Waals surface area (Å²) < 4.78 is 13.1. The van der Waals surface area contributed by atoms with Crippen molar-refractivity contribution in [2.75, 3.05) is 5.32 Å². The Morgan fingerprint density at radius 2 is 1.90 bits per heavy atom. The number of rotatable bonds is 6. The fourth-order valence-corrected chi connectivity index (χ4v) is 2.33. The predicted molar refractivity (Wildman–Crippen MR) is 77.6 cm³/mol. The van der Waals surface area contributed by atoms with Crippen molar-refractivity contribution in [2.45, 2.75) is 39.5 Å². The molecular weight excluding hydrogens is 269 g/mol. The first-order chi connectivity index (χ1) is 10.0. The molecule has 0 aliphatic heterocycles. The Labute approximate surface area is 124 Å². The second-order valence-corrected chi connectivity index (χ2v) is 4.95. The van der Waals surface area contributed by atoms with Gasteiger partial charge >= 0.3 is 0 Å². The third kappa shape index (κ3) is 3.79. The van der Waals surface area contributed by atoms with Crippen LogP contribution in [0.4, 0.5) is 10.1 Å². The molecule has 0 aliphatic carbocycles. The van der Waals surface area contributed by atoms with Crippen molar-refractivity contribution in [3.8, 4) is 12.1 Å². The average Bonchev–Trinajstić information content (AvgIpc) is 2.48. The van der Waals surface area contributed by atoms with Crippen LogP contribution in [0.2, 0.25) is 0 Å². The fourth-order valence-electron chi connectivity index (χ4n) is 2.33. The van der Waals surface area contributed by atoms with E-state index in [1.54, 1.807) is 0 Å². The van der Waals surface area contributed by atoms with Crippen molar-refractivity contribution in [2.24, 2.45) is 5.41 Å². The standard InChI is InChI=1S/C16H18FN3O/c1-3-7-16(11-19,8-4-2)15(21)20-14-6-5-13(17)9-12(14)10-18/h5-6,9H,3-4,7-8H2,1-2H3,(H,20,21). The van der Waals surface area contributed by atoms with Crippen LogP contribution in [0.25, 0.3) is 0 Å². The van der Waals surface area contributed by atoms with Gasteiger partial charge in [0.05, 0.1) is 17.3 Å². The molecule has 1 aromatic rings. The first-order valence-corrected chi connectivity index (χ1v) is 6.95. The Morgan fingerprint density at radius 1 is 1.29 bits per heavy atom. The summed E-state index contributed by atoms with van der Waals surface area (Å²) in [7, 11) is 0. The summed E-state index contributed by atoms with van der Waals surface area (Å²) in [6.45, 7) is 3.82. The van der Waals surface area contributed by atoms with Gasteiger partial charge in [0.15, 0.2) is 0 Å². The Morgan fingerprint density at radius 3 is 2.38 bits per heavy atom. The van der Waals surface area contributed by atoms with Gasteiger partial charge in [0.25, 0.3) is 0 Å². The number of nitrogens with zero attached hydrogens (tertiary/aromatic N) is 2. The second kappa shape index (κ2) is 7.40. The molecule has 1 rings (SSSR count). The molecule has 1 N–H and O–H groups in total. The zero-order valence-corrected chi connectivity index (χ0v) is 12.2. The number of nitrogens with one attached hydrogen (secondary N) is 1. The summed E-state index contributed by atoms with van der Waals surface area (Å²) in [4.78, 5) is 12.5. The molecule has 0 bridgehead atoms. The fraction of sp³-hybridized carbons (Fsp3) is 0.438. The maximum Gasteiger partial charge on any atom is 0.244 e. The lowest BCUT2D eigenvalue weighted by molar-refractivity contribution is -0.123. The maximum absolute atomic E-state index is 13.1. The van der Waals surface area contributed by atoms with Crippen LogP contribution in [0.1, 0.15) is 45.1 Å². The van der Waals surface area contributed by atoms with Gasteiger partial charge in [0.2, 0.25) is 5.91 Å². The molecule has 0 saturated carbocycles. The van der Waals surface area contributed by atoms with E-state index in [4.69, 9.17) is 5.26 Å². The highest BCUT2D eigenvalue weighted by Crippen LogP contribution is 2.31. The molecule has 4 nitrogen and oxygen atoms in total. The number of hydrogen-bond acceptors (Lipinski definition) is 3. The number of carbonyl (C=O) groups is 1. The van der Waals surface area contributed by atoms with Crippen molar-refractivity contribution in [3.05, 3.63) is 29.6 Å². The summed E-state index contributed by atoms with van der Waals surface area (Å²) >= 11 is 0. The van der Waals surface area contributed by atoms with E-state index in [-0.39, 0.29) is 11.3 Å². The summed E-state index contributed by atoms with van der Waals surface area (Å²) in [6, 6.07) is 7.52. The van der Waals surface area contributed by atoms with Gasteiger partial charge < -0.3 is 5.32 Å². The quantitative estimate of drug-likeness (QED) is 0.865. The minimum atomic E-state index is -1.11. The largest absolute Gasteiger partial charge is 0.324 e. The Hall–Kier alpha value is -2.40. The molecule has 110 valence electrons. The SMILES string of the molecule is CCCC(C#N)(CCC)C(=O)Nc1ccc(F)cc1C#N. The maximum atomic E-state index is 13.1. The topological polar surface area (TPSA) is 76.7 Å². The Bertz CT molecular complexity index is 593. The number of anilines is 1. The van der Waals surface area contributed by atoms with Crippen molar-refractivity contribution < 1.29 is 9.18 Å². The molecule has 0 saturated heterocycles. The number of carbonyl (C=O) groups excluding carboxylic acids is 1. The van der Waals surface area contributed by atoms with E-state index >= 15 is 0 Å². The van der Waals surface area contributed by atoms with Crippen LogP contribution in [0.3, 0.4) is 0 Å². The van der Waals surface area contributed by atoms with Gasteiger partial charge in [-0.1, -0.05) is 26.7 Å². The molecule has 1 amide bonds. The average molecular weight is 287 g/mol. The smallest absolute Gasteiger partial charge is 0.244 e. The molecule has 0 heterocycles. The minimum Gasteiger partial charge on any atom is -0.324 e. The van der Waals surface area contributed by atoms with Crippen LogP contribution in [0, 0.1) is 33.9 Å². The molecule has 0 radical (unpaired) electrons. The van der Waals surface area contributed by atoms with Gasteiger partial charge in [-0.25, -0.2) is 4.39 Å². The lowest BCUT2D eigenvalue weighted by Crippen LogP contribution is -2.35. The number of amides is 1. The lowest BCUT2D eigenvalue weighted by atomic mass is 9.79. The van der Waals surface area contributed by atoms with Crippen LogP contribution < -0.4 is 5.32 Å². The van der Waals surface area contributed by atoms with Crippen LogP contribution in [-0.2, 0) is 4.79 Å². The van der Waals surface area contributed by atoms with E-state index in [1.807, 2.05) is 19.9 Å². The summed E-state index contributed by atoms with van der Waals surface area (Å²) in [5, 5.41) is 21.0. The van der Waals surface area contributed by atoms with E-state index in [1.165, 1.54) is 12.1 Å². The van der Waals surface area contributed by atoms with Crippen molar-refractivity contribution in [1.29, 1.82) is 10.5 Å². The molecule has 0 aliphatic rings. The summed E-state index contributed by atoms with van der Waals surface area (Å²) in [5.74, 6) is -0.977. The molecule has 0 aromatic heterocycles. The number of hydrogen-bond donors (Lipinski definition) is 1. The van der Waals surface area contributed by atoms with Gasteiger partial charge in [0, 0.05) is 0 Å². The highest BCUT2D eigenvalue weighted by Gasteiger charge is 2.37. The van der Waals surface area contributed by atoms with E-state index in [0.717, 1.165) is 6.07 Å². The van der Waals surface area contributed by atoms with Crippen LogP contribution in [0.5, 0.6) is 0 Å². The normalized spacial score (nSPS) is 10.5. The van der Waals surface area contributed by atoms with Gasteiger partial charge in [-0.3, -0.25) is 4.79 Å². The first-order valence-electron chi connectivity index (χ1n) is 6.95. The lowest BCUT2D eigenvalue weighted by Gasteiger charge is -2.24. The molecule has 5 heteroatoms. The highest BCUT2D eigenvalue weighted by molar-refractivity contribution is 5.98. The zero-order chi connectivity index (χ0) is 15.9. The van der Waals surface area contributed by atoms with Crippen molar-refractivity contribution in [3.63, 3.8) is 0 Å². The van der Waals surface area contributed by atoms with E-state index in [2.05, 4.69) is 11.4 Å². The van der Waals surface area contributed by atoms with E-state index < -0.39 is 17.1 Å². The van der Waals surface area contributed by atoms with Gasteiger partial charge in [-0.2, -0.15) is 10.5 Å². The van der Waals surface area contributed by atoms with Crippen molar-refractivity contribution >= 4 is 11.6 Å². The third-order valence-electron chi connectivity index (χ3n) is 3.35. The van der Waals surface area contributed by atoms with Crippen LogP contribution in [0.15, 0.2) is 18.2 Å². The monoisotopic (exact) mass is 287 g/mol. The summed E-state index contributed by atoms with van der Waals surface area (Å²) in [6.07, 6.45) is 2.31. The highest BCUT2D eigenvalue weighted by atomic mass is 19.1. The number of nitriles is 2. The zero-order valence-electron chi connectivity index (χ0n) is 12.2. The molecule has 0 spiro atoms. The molecule has 1 aromatic carbocycles. The Balaban J connectivity index is 3.08. The molecule has 0 fully saturated rings. The first kappa shape index (κ1) is 16.7. The summed E-state index contributed by atoms with van der Waals surface area (Å²) in [5.41, 5.74) is -0.830. The van der Waals surface area contributed by atoms with Crippen LogP contribution >= 0.6 is 0 Å². The van der Waals surface area contributed by atoms with E-state index in [0.29, 0.717) is 25.7 Å². The predicted octanol–water partition coefficient (Wildman–Crippen LogP) is 3.75. The van der Waals surface area contributed by atoms with Gasteiger partial charge in [0.1, 0.15) is 17.3 Å². The molecule has 0 unspecified atom stereocenters.